The number of carboxylic acids is 1. The molecule has 1 aromatic rings. The average Bonchev–Trinajstić information content (AvgIpc) is 2.21. The predicted molar refractivity (Wildman–Crippen MR) is 61.7 cm³/mol. The zero-order valence-corrected chi connectivity index (χ0v) is 10.2. The van der Waals surface area contributed by atoms with Crippen molar-refractivity contribution in [2.75, 3.05) is 7.11 Å². The van der Waals surface area contributed by atoms with Crippen LogP contribution in [-0.2, 0) is 11.2 Å². The lowest BCUT2D eigenvalue weighted by atomic mass is 10.1. The Morgan fingerprint density at radius 3 is 2.75 bits per heavy atom. The number of hydrogen-bond acceptors (Lipinski definition) is 4. The van der Waals surface area contributed by atoms with E-state index >= 15 is 0 Å². The minimum absolute atomic E-state index is 0.0120. The van der Waals surface area contributed by atoms with Gasteiger partial charge in [0.25, 0.3) is 0 Å². The number of hydrogen-bond donors (Lipinski definition) is 3. The van der Waals surface area contributed by atoms with Crippen molar-refractivity contribution in [3.63, 3.8) is 0 Å². The fourth-order valence-electron chi connectivity index (χ4n) is 1.23. The number of aliphatic carboxylic acids is 1. The fourth-order valence-corrected chi connectivity index (χ4v) is 1.72. The van der Waals surface area contributed by atoms with Crippen LogP contribution in [0, 0.1) is 0 Å². The summed E-state index contributed by atoms with van der Waals surface area (Å²) < 4.78 is 5.52. The Hall–Kier alpha value is -1.27. The molecular formula is C10H12BrNO4. The van der Waals surface area contributed by atoms with Crippen LogP contribution in [0.1, 0.15) is 5.56 Å². The molecule has 0 aliphatic heterocycles. The van der Waals surface area contributed by atoms with E-state index in [2.05, 4.69) is 15.9 Å². The van der Waals surface area contributed by atoms with Gasteiger partial charge in [-0.25, -0.2) is 0 Å². The van der Waals surface area contributed by atoms with Gasteiger partial charge in [0, 0.05) is 4.47 Å². The molecule has 0 saturated heterocycles. The molecule has 1 rings (SSSR count). The molecule has 5 nitrogen and oxygen atoms in total. The van der Waals surface area contributed by atoms with Crippen molar-refractivity contribution in [2.45, 2.75) is 12.5 Å². The van der Waals surface area contributed by atoms with Crippen LogP contribution in [0.2, 0.25) is 0 Å². The number of ether oxygens (including phenoxy) is 1. The molecule has 16 heavy (non-hydrogen) atoms. The number of nitrogens with two attached hydrogens (primary N) is 1. The first-order valence-corrected chi connectivity index (χ1v) is 5.28. The van der Waals surface area contributed by atoms with Gasteiger partial charge in [0.2, 0.25) is 0 Å². The fraction of sp³-hybridized carbons (Fsp3) is 0.300. The molecule has 1 aromatic carbocycles. The van der Waals surface area contributed by atoms with Gasteiger partial charge in [-0.1, -0.05) is 15.9 Å². The maximum atomic E-state index is 10.6. The number of carbonyl (C=O) groups is 1. The molecule has 88 valence electrons. The summed E-state index contributed by atoms with van der Waals surface area (Å²) in [5.74, 6) is -0.795. The van der Waals surface area contributed by atoms with Crippen molar-refractivity contribution in [3.8, 4) is 11.5 Å². The zero-order valence-electron chi connectivity index (χ0n) is 8.61. The van der Waals surface area contributed by atoms with Gasteiger partial charge in [0.15, 0.2) is 11.5 Å². The van der Waals surface area contributed by atoms with Gasteiger partial charge in [0.1, 0.15) is 6.04 Å². The lowest BCUT2D eigenvalue weighted by molar-refractivity contribution is -0.138. The van der Waals surface area contributed by atoms with E-state index in [1.54, 1.807) is 6.07 Å². The second-order valence-corrected chi connectivity index (χ2v) is 4.12. The standard InChI is InChI=1S/C10H12BrNO4/c1-16-9-3-5(2-7(12)10(14)15)6(11)4-8(9)13/h3-4,7,13H,2,12H2,1H3,(H,14,15). The highest BCUT2D eigenvalue weighted by atomic mass is 79.9. The van der Waals surface area contributed by atoms with Gasteiger partial charge in [-0.15, -0.1) is 0 Å². The Balaban J connectivity index is 3.00. The van der Waals surface area contributed by atoms with E-state index in [0.29, 0.717) is 10.0 Å². The number of halogens is 1. The smallest absolute Gasteiger partial charge is 0.320 e. The Kier molecular flexibility index (Phi) is 4.14. The molecule has 0 radical (unpaired) electrons. The van der Waals surface area contributed by atoms with Crippen molar-refractivity contribution in [3.05, 3.63) is 22.2 Å². The zero-order chi connectivity index (χ0) is 12.3. The third-order valence-electron chi connectivity index (χ3n) is 2.10. The number of phenolic OH excluding ortho intramolecular Hbond substituents is 1. The third kappa shape index (κ3) is 2.86. The molecule has 1 atom stereocenters. The summed E-state index contributed by atoms with van der Waals surface area (Å²) in [6, 6.07) is 2.02. The number of aromatic hydroxyl groups is 1. The van der Waals surface area contributed by atoms with E-state index in [1.807, 2.05) is 0 Å². The first-order chi connectivity index (χ1) is 7.45. The topological polar surface area (TPSA) is 92.8 Å². The quantitative estimate of drug-likeness (QED) is 0.772. The number of rotatable bonds is 4. The summed E-state index contributed by atoms with van der Waals surface area (Å²) >= 11 is 3.22. The van der Waals surface area contributed by atoms with E-state index in [0.717, 1.165) is 0 Å². The highest BCUT2D eigenvalue weighted by Crippen LogP contribution is 2.32. The molecule has 0 amide bonds. The van der Waals surface area contributed by atoms with Crippen molar-refractivity contribution in [2.24, 2.45) is 5.73 Å². The molecule has 0 aliphatic carbocycles. The molecule has 0 saturated carbocycles. The molecule has 4 N–H and O–H groups in total. The number of benzene rings is 1. The second-order valence-electron chi connectivity index (χ2n) is 3.26. The Morgan fingerprint density at radius 1 is 1.62 bits per heavy atom. The number of methoxy groups -OCH3 is 1. The van der Waals surface area contributed by atoms with Crippen molar-refractivity contribution < 1.29 is 19.7 Å². The van der Waals surface area contributed by atoms with Crippen LogP contribution in [0.4, 0.5) is 0 Å². The summed E-state index contributed by atoms with van der Waals surface area (Å²) in [6.45, 7) is 0. The second kappa shape index (κ2) is 5.18. The minimum atomic E-state index is -1.07. The highest BCUT2D eigenvalue weighted by Gasteiger charge is 2.16. The van der Waals surface area contributed by atoms with Gasteiger partial charge < -0.3 is 20.7 Å². The molecule has 0 heterocycles. The van der Waals surface area contributed by atoms with E-state index in [9.17, 15) is 9.90 Å². The maximum Gasteiger partial charge on any atom is 0.320 e. The molecule has 0 aliphatic rings. The number of carboxylic acid groups (broad SMARTS) is 1. The van der Waals surface area contributed by atoms with Crippen LogP contribution in [0.15, 0.2) is 16.6 Å². The molecule has 0 fully saturated rings. The summed E-state index contributed by atoms with van der Waals surface area (Å²) in [5.41, 5.74) is 6.09. The maximum absolute atomic E-state index is 10.6. The molecule has 1 unspecified atom stereocenters. The largest absolute Gasteiger partial charge is 0.504 e. The van der Waals surface area contributed by atoms with Crippen LogP contribution in [0.5, 0.6) is 11.5 Å². The van der Waals surface area contributed by atoms with Crippen molar-refractivity contribution in [1.29, 1.82) is 0 Å². The minimum Gasteiger partial charge on any atom is -0.504 e. The monoisotopic (exact) mass is 289 g/mol. The van der Waals surface area contributed by atoms with E-state index in [4.69, 9.17) is 15.6 Å². The van der Waals surface area contributed by atoms with Gasteiger partial charge >= 0.3 is 5.97 Å². The first kappa shape index (κ1) is 12.8. The van der Waals surface area contributed by atoms with Gasteiger partial charge in [0.05, 0.1) is 7.11 Å². The van der Waals surface area contributed by atoms with Crippen LogP contribution >= 0.6 is 15.9 Å². The SMILES string of the molecule is COc1cc(CC(N)C(=O)O)c(Br)cc1O. The van der Waals surface area contributed by atoms with Crippen LogP contribution < -0.4 is 10.5 Å². The number of phenols is 1. The summed E-state index contributed by atoms with van der Waals surface area (Å²) in [4.78, 5) is 10.6. The highest BCUT2D eigenvalue weighted by molar-refractivity contribution is 9.10. The van der Waals surface area contributed by atoms with E-state index in [-0.39, 0.29) is 17.9 Å². The van der Waals surface area contributed by atoms with Crippen LogP contribution in [0.25, 0.3) is 0 Å². The summed E-state index contributed by atoms with van der Waals surface area (Å²) in [6.07, 6.45) is 0.159. The first-order valence-electron chi connectivity index (χ1n) is 4.49. The van der Waals surface area contributed by atoms with E-state index < -0.39 is 12.0 Å². The van der Waals surface area contributed by atoms with Crippen molar-refractivity contribution in [1.82, 2.24) is 0 Å². The molecule has 0 aromatic heterocycles. The predicted octanol–water partition coefficient (Wildman–Crippen LogP) is 1.12. The Morgan fingerprint density at radius 2 is 2.25 bits per heavy atom. The Labute approximate surface area is 101 Å². The van der Waals surface area contributed by atoms with Crippen LogP contribution in [-0.4, -0.2) is 29.3 Å². The normalized spacial score (nSPS) is 12.2. The Bertz CT molecular complexity index is 408. The van der Waals surface area contributed by atoms with Gasteiger partial charge in [-0.2, -0.15) is 0 Å². The average molecular weight is 290 g/mol. The third-order valence-corrected chi connectivity index (χ3v) is 2.84. The lowest BCUT2D eigenvalue weighted by Crippen LogP contribution is -2.32. The van der Waals surface area contributed by atoms with Crippen LogP contribution in [0.3, 0.4) is 0 Å². The van der Waals surface area contributed by atoms with Gasteiger partial charge in [-0.05, 0) is 24.1 Å². The van der Waals surface area contributed by atoms with E-state index in [1.165, 1.54) is 13.2 Å². The molecular weight excluding hydrogens is 278 g/mol. The van der Waals surface area contributed by atoms with Gasteiger partial charge in [-0.3, -0.25) is 4.79 Å². The summed E-state index contributed by atoms with van der Waals surface area (Å²) in [5, 5.41) is 18.2. The molecule has 6 heteroatoms. The molecule has 0 spiro atoms. The lowest BCUT2D eigenvalue weighted by Gasteiger charge is -2.11. The molecule has 0 bridgehead atoms. The summed E-state index contributed by atoms with van der Waals surface area (Å²) in [7, 11) is 1.42. The van der Waals surface area contributed by atoms with Crippen molar-refractivity contribution >= 4 is 21.9 Å².